The standard InChI is InChI=1S/C23H22F3NO7S2/c1-3-33-22(28)20-17-10-16(13-4-5-13)18(27(35(29)30)12-36(2,31)32)11-19(17)34-21(20)14-6-8-15(9-7-14)23(24,25)26/h6-11,13H,3-5,12H2,1-2H3,(H,29,30)/p-1. The molecule has 1 saturated carbocycles. The maximum absolute atomic E-state index is 13.0. The maximum atomic E-state index is 13.0. The third kappa shape index (κ3) is 5.42. The molecule has 1 atom stereocenters. The van der Waals surface area contributed by atoms with Crippen molar-refractivity contribution < 1.29 is 44.3 Å². The van der Waals surface area contributed by atoms with Gasteiger partial charge in [0.15, 0.2) is 9.84 Å². The number of rotatable bonds is 8. The largest absolute Gasteiger partial charge is 0.755 e. The topological polar surface area (TPSA) is 117 Å². The molecule has 0 N–H and O–H groups in total. The summed E-state index contributed by atoms with van der Waals surface area (Å²) in [7, 11) is -3.74. The van der Waals surface area contributed by atoms with Crippen LogP contribution in [0.15, 0.2) is 40.8 Å². The molecule has 0 aliphatic heterocycles. The zero-order chi connectivity index (χ0) is 26.4. The Morgan fingerprint density at radius 2 is 1.86 bits per heavy atom. The Hall–Kier alpha value is -2.90. The van der Waals surface area contributed by atoms with Gasteiger partial charge in [0.05, 0.1) is 17.9 Å². The number of fused-ring (bicyclic) bond motifs is 1. The smallest absolute Gasteiger partial charge is 0.416 e. The number of sulfone groups is 1. The van der Waals surface area contributed by atoms with Crippen LogP contribution < -0.4 is 4.31 Å². The van der Waals surface area contributed by atoms with E-state index in [4.69, 9.17) is 9.15 Å². The van der Waals surface area contributed by atoms with Gasteiger partial charge in [0.25, 0.3) is 0 Å². The van der Waals surface area contributed by atoms with Gasteiger partial charge in [-0.3, -0.25) is 8.51 Å². The van der Waals surface area contributed by atoms with Crippen LogP contribution in [0.2, 0.25) is 0 Å². The van der Waals surface area contributed by atoms with Gasteiger partial charge in [-0.1, -0.05) is 12.1 Å². The highest BCUT2D eigenvalue weighted by atomic mass is 32.2. The molecule has 194 valence electrons. The van der Waals surface area contributed by atoms with Crippen LogP contribution in [0, 0.1) is 0 Å². The van der Waals surface area contributed by atoms with Crippen LogP contribution in [-0.2, 0) is 32.0 Å². The number of benzene rings is 2. The summed E-state index contributed by atoms with van der Waals surface area (Å²) >= 11 is -2.94. The first-order chi connectivity index (χ1) is 16.8. The molecule has 0 radical (unpaired) electrons. The highest BCUT2D eigenvalue weighted by molar-refractivity contribution is 7.92. The van der Waals surface area contributed by atoms with Crippen molar-refractivity contribution in [3.63, 3.8) is 0 Å². The van der Waals surface area contributed by atoms with Crippen molar-refractivity contribution in [2.75, 3.05) is 23.0 Å². The number of hydrogen-bond donors (Lipinski definition) is 0. The Morgan fingerprint density at radius 3 is 2.36 bits per heavy atom. The number of hydrogen-bond acceptors (Lipinski definition) is 7. The minimum absolute atomic E-state index is 0.0158. The van der Waals surface area contributed by atoms with Crippen molar-refractivity contribution in [1.29, 1.82) is 0 Å². The second-order valence-corrected chi connectivity index (χ2v) is 11.4. The zero-order valence-electron chi connectivity index (χ0n) is 19.1. The van der Waals surface area contributed by atoms with Crippen LogP contribution in [0.3, 0.4) is 0 Å². The molecule has 3 aromatic rings. The van der Waals surface area contributed by atoms with Crippen LogP contribution in [0.4, 0.5) is 18.9 Å². The fourth-order valence-corrected chi connectivity index (χ4v) is 5.71. The second-order valence-electron chi connectivity index (χ2n) is 8.43. The first-order valence-electron chi connectivity index (χ1n) is 10.8. The summed E-state index contributed by atoms with van der Waals surface area (Å²) in [5.74, 6) is -1.67. The average molecular weight is 545 g/mol. The zero-order valence-corrected chi connectivity index (χ0v) is 20.8. The lowest BCUT2D eigenvalue weighted by Gasteiger charge is -2.27. The van der Waals surface area contributed by atoms with Gasteiger partial charge in [0.1, 0.15) is 22.8 Å². The maximum Gasteiger partial charge on any atom is 0.416 e. The third-order valence-electron chi connectivity index (χ3n) is 5.61. The molecule has 1 aliphatic rings. The van der Waals surface area contributed by atoms with E-state index in [-0.39, 0.29) is 46.1 Å². The van der Waals surface area contributed by atoms with Gasteiger partial charge in [-0.2, -0.15) is 13.2 Å². The van der Waals surface area contributed by atoms with Crippen LogP contribution in [0.1, 0.15) is 47.2 Å². The summed E-state index contributed by atoms with van der Waals surface area (Å²) in [4.78, 5) is 12.9. The van der Waals surface area contributed by atoms with Gasteiger partial charge in [-0.25, -0.2) is 13.2 Å². The number of carbonyl (C=O) groups is 1. The predicted molar refractivity (Wildman–Crippen MR) is 126 cm³/mol. The normalized spacial score (nSPS) is 15.2. The molecule has 1 heterocycles. The van der Waals surface area contributed by atoms with E-state index >= 15 is 0 Å². The van der Waals surface area contributed by atoms with Crippen LogP contribution in [-0.4, -0.2) is 41.9 Å². The first-order valence-corrected chi connectivity index (χ1v) is 13.9. The number of furan rings is 1. The SMILES string of the molecule is CCOC(=O)c1c(-c2ccc(C(F)(F)F)cc2)oc2cc(N(CS(C)(=O)=O)S(=O)[O-])c(C3CC3)cc12. The van der Waals surface area contributed by atoms with Gasteiger partial charge < -0.3 is 13.7 Å². The first kappa shape index (κ1) is 26.2. The summed E-state index contributed by atoms with van der Waals surface area (Å²) in [5, 5.41) is 0.282. The van der Waals surface area contributed by atoms with Gasteiger partial charge in [0.2, 0.25) is 0 Å². The molecule has 8 nitrogen and oxygen atoms in total. The summed E-state index contributed by atoms with van der Waals surface area (Å²) in [6.07, 6.45) is -2.19. The fourth-order valence-electron chi connectivity index (χ4n) is 3.91. The average Bonchev–Trinajstić information content (AvgIpc) is 3.55. The van der Waals surface area contributed by atoms with Crippen molar-refractivity contribution in [3.05, 3.63) is 53.1 Å². The minimum Gasteiger partial charge on any atom is -0.755 e. The molecule has 1 aliphatic carbocycles. The van der Waals surface area contributed by atoms with E-state index in [1.54, 1.807) is 13.0 Å². The quantitative estimate of drug-likeness (QED) is 0.296. The van der Waals surface area contributed by atoms with Crippen LogP contribution >= 0.6 is 0 Å². The van der Waals surface area contributed by atoms with E-state index in [2.05, 4.69) is 0 Å². The van der Waals surface area contributed by atoms with Crippen molar-refractivity contribution in [2.24, 2.45) is 0 Å². The number of halogens is 3. The number of alkyl halides is 3. The van der Waals surface area contributed by atoms with Gasteiger partial charge in [-0.05, 0) is 49.4 Å². The van der Waals surface area contributed by atoms with E-state index in [1.165, 1.54) is 6.07 Å². The van der Waals surface area contributed by atoms with Crippen LogP contribution in [0.5, 0.6) is 0 Å². The molecular formula is C23H21F3NO7S2-. The summed E-state index contributed by atoms with van der Waals surface area (Å²) in [6.45, 7) is 1.63. The van der Waals surface area contributed by atoms with Gasteiger partial charge >= 0.3 is 12.1 Å². The molecule has 1 aromatic heterocycles. The lowest BCUT2D eigenvalue weighted by Crippen LogP contribution is -2.31. The highest BCUT2D eigenvalue weighted by Gasteiger charge is 2.33. The number of ether oxygens (including phenoxy) is 1. The number of carbonyl (C=O) groups excluding carboxylic acids is 1. The van der Waals surface area contributed by atoms with Crippen LogP contribution in [0.25, 0.3) is 22.3 Å². The third-order valence-corrected chi connectivity index (χ3v) is 7.19. The molecule has 0 bridgehead atoms. The fraction of sp³-hybridized carbons (Fsp3) is 0.348. The number of anilines is 1. The Kier molecular flexibility index (Phi) is 6.92. The molecule has 1 unspecified atom stereocenters. The highest BCUT2D eigenvalue weighted by Crippen LogP contribution is 2.48. The Morgan fingerprint density at radius 1 is 1.22 bits per heavy atom. The Labute approximate surface area is 207 Å². The van der Waals surface area contributed by atoms with Crippen molar-refractivity contribution >= 4 is 43.7 Å². The summed E-state index contributed by atoms with van der Waals surface area (Å²) in [5.41, 5.74) is -0.0633. The van der Waals surface area contributed by atoms with Gasteiger partial charge in [0, 0.05) is 34.5 Å². The molecule has 0 spiro atoms. The Bertz CT molecular complexity index is 1440. The van der Waals surface area contributed by atoms with E-state index in [0.717, 1.165) is 43.4 Å². The van der Waals surface area contributed by atoms with E-state index in [0.29, 0.717) is 9.87 Å². The molecule has 2 aromatic carbocycles. The van der Waals surface area contributed by atoms with Crippen molar-refractivity contribution in [2.45, 2.75) is 31.9 Å². The molecule has 13 heteroatoms. The lowest BCUT2D eigenvalue weighted by atomic mass is 10.0. The molecule has 36 heavy (non-hydrogen) atoms. The van der Waals surface area contributed by atoms with E-state index in [1.807, 2.05) is 0 Å². The summed E-state index contributed by atoms with van der Waals surface area (Å²) < 4.78 is 98.6. The molecule has 4 rings (SSSR count). The molecule has 1 fully saturated rings. The second kappa shape index (κ2) is 9.52. The molecule has 0 amide bonds. The Balaban J connectivity index is 1.95. The minimum atomic E-state index is -4.55. The van der Waals surface area contributed by atoms with E-state index < -0.39 is 44.7 Å². The lowest BCUT2D eigenvalue weighted by molar-refractivity contribution is -0.137. The summed E-state index contributed by atoms with van der Waals surface area (Å²) in [6, 6.07) is 6.93. The van der Waals surface area contributed by atoms with Gasteiger partial charge in [-0.15, -0.1) is 0 Å². The predicted octanol–water partition coefficient (Wildman–Crippen LogP) is 4.78. The van der Waals surface area contributed by atoms with Crippen molar-refractivity contribution in [1.82, 2.24) is 0 Å². The molecule has 0 saturated heterocycles. The van der Waals surface area contributed by atoms with E-state index in [9.17, 15) is 35.1 Å². The monoisotopic (exact) mass is 544 g/mol. The number of esters is 1. The number of nitrogens with zero attached hydrogens (tertiary/aromatic N) is 1. The molecular weight excluding hydrogens is 523 g/mol. The van der Waals surface area contributed by atoms with Crippen molar-refractivity contribution in [3.8, 4) is 11.3 Å².